The molecule has 0 aromatic rings. The highest BCUT2D eigenvalue weighted by Gasteiger charge is 2.30. The fourth-order valence-electron chi connectivity index (χ4n) is 2.86. The average molecular weight is 256 g/mol. The van der Waals surface area contributed by atoms with Crippen molar-refractivity contribution in [2.75, 3.05) is 20.2 Å². The normalized spacial score (nSPS) is 36.6. The van der Waals surface area contributed by atoms with Crippen molar-refractivity contribution in [3.8, 4) is 0 Å². The maximum Gasteiger partial charge on any atom is 0.237 e. The van der Waals surface area contributed by atoms with Gasteiger partial charge in [-0.3, -0.25) is 4.79 Å². The fraction of sp³-hybridized carbons (Fsp3) is 0.923. The molecule has 1 saturated heterocycles. The Kier molecular flexibility index (Phi) is 4.97. The highest BCUT2D eigenvalue weighted by molar-refractivity contribution is 5.82. The van der Waals surface area contributed by atoms with E-state index in [1.54, 1.807) is 7.11 Å². The van der Waals surface area contributed by atoms with E-state index < -0.39 is 0 Å². The maximum atomic E-state index is 11.9. The first kappa shape index (κ1) is 13.8. The average Bonchev–Trinajstić information content (AvgIpc) is 2.86. The van der Waals surface area contributed by atoms with Gasteiger partial charge in [0, 0.05) is 26.1 Å². The number of amides is 1. The minimum atomic E-state index is -0.248. The molecule has 0 bridgehead atoms. The summed E-state index contributed by atoms with van der Waals surface area (Å²) in [6.45, 7) is 1.33. The summed E-state index contributed by atoms with van der Waals surface area (Å²) in [5, 5.41) is 15.9. The summed E-state index contributed by atoms with van der Waals surface area (Å²) in [6, 6.07) is -0.143. The number of aliphatic hydroxyl groups excluding tert-OH is 1. The number of methoxy groups -OCH3 is 1. The second kappa shape index (κ2) is 6.50. The van der Waals surface area contributed by atoms with E-state index in [0.717, 1.165) is 38.6 Å². The van der Waals surface area contributed by atoms with Crippen LogP contribution in [0.5, 0.6) is 0 Å². The number of aliphatic hydroxyl groups is 1. The van der Waals surface area contributed by atoms with Crippen LogP contribution >= 0.6 is 0 Å². The molecule has 5 heteroatoms. The van der Waals surface area contributed by atoms with E-state index in [4.69, 9.17) is 4.74 Å². The van der Waals surface area contributed by atoms with Crippen LogP contribution in [-0.4, -0.2) is 49.5 Å². The summed E-state index contributed by atoms with van der Waals surface area (Å²) in [5.74, 6) is 0.259. The molecule has 0 radical (unpaired) electrons. The lowest BCUT2D eigenvalue weighted by molar-refractivity contribution is -0.123. The molecule has 3 N–H and O–H groups in total. The van der Waals surface area contributed by atoms with E-state index in [0.29, 0.717) is 6.54 Å². The van der Waals surface area contributed by atoms with Crippen LogP contribution in [0.3, 0.4) is 0 Å². The van der Waals surface area contributed by atoms with Crippen LogP contribution in [0.4, 0.5) is 0 Å². The van der Waals surface area contributed by atoms with Crippen molar-refractivity contribution in [1.29, 1.82) is 0 Å². The molecular formula is C13H24N2O3. The third kappa shape index (κ3) is 3.43. The molecule has 1 aliphatic carbocycles. The van der Waals surface area contributed by atoms with Crippen molar-refractivity contribution in [2.24, 2.45) is 5.92 Å². The zero-order chi connectivity index (χ0) is 13.0. The number of hydrogen-bond donors (Lipinski definition) is 3. The summed E-state index contributed by atoms with van der Waals surface area (Å²) < 4.78 is 5.22. The first-order chi connectivity index (χ1) is 8.70. The molecule has 1 heterocycles. The highest BCUT2D eigenvalue weighted by Crippen LogP contribution is 2.23. The minimum absolute atomic E-state index is 0.0346. The van der Waals surface area contributed by atoms with Crippen molar-refractivity contribution in [3.05, 3.63) is 0 Å². The van der Waals surface area contributed by atoms with E-state index in [9.17, 15) is 9.90 Å². The lowest BCUT2D eigenvalue weighted by Crippen LogP contribution is -2.44. The molecule has 1 saturated carbocycles. The zero-order valence-corrected chi connectivity index (χ0v) is 11.0. The van der Waals surface area contributed by atoms with Gasteiger partial charge in [0.2, 0.25) is 5.91 Å². The summed E-state index contributed by atoms with van der Waals surface area (Å²) in [6.07, 6.45) is 4.77. The van der Waals surface area contributed by atoms with Crippen LogP contribution < -0.4 is 10.6 Å². The third-order valence-corrected chi connectivity index (χ3v) is 4.15. The first-order valence-corrected chi connectivity index (χ1v) is 6.92. The molecule has 0 aromatic heterocycles. The van der Waals surface area contributed by atoms with Crippen LogP contribution in [0.25, 0.3) is 0 Å². The Morgan fingerprint density at radius 2 is 2.22 bits per heavy atom. The smallest absolute Gasteiger partial charge is 0.237 e. The van der Waals surface area contributed by atoms with Gasteiger partial charge in [0.25, 0.3) is 0 Å². The molecule has 0 spiro atoms. The lowest BCUT2D eigenvalue weighted by Gasteiger charge is -2.28. The van der Waals surface area contributed by atoms with Crippen molar-refractivity contribution in [2.45, 2.75) is 50.4 Å². The quantitative estimate of drug-likeness (QED) is 0.664. The monoisotopic (exact) mass is 256 g/mol. The van der Waals surface area contributed by atoms with Crippen LogP contribution in [0.1, 0.15) is 32.1 Å². The Bertz CT molecular complexity index is 285. The second-order valence-corrected chi connectivity index (χ2v) is 5.41. The predicted octanol–water partition coefficient (Wildman–Crippen LogP) is 0.0306. The van der Waals surface area contributed by atoms with Gasteiger partial charge in [0.05, 0.1) is 18.2 Å². The topological polar surface area (TPSA) is 70.6 Å². The van der Waals surface area contributed by atoms with E-state index in [1.165, 1.54) is 0 Å². The van der Waals surface area contributed by atoms with Gasteiger partial charge in [0.15, 0.2) is 0 Å². The van der Waals surface area contributed by atoms with Crippen molar-refractivity contribution in [1.82, 2.24) is 10.6 Å². The summed E-state index contributed by atoms with van der Waals surface area (Å²) in [4.78, 5) is 11.9. The molecule has 1 amide bonds. The van der Waals surface area contributed by atoms with E-state index >= 15 is 0 Å². The van der Waals surface area contributed by atoms with Gasteiger partial charge >= 0.3 is 0 Å². The first-order valence-electron chi connectivity index (χ1n) is 6.92. The molecule has 4 atom stereocenters. The molecule has 2 rings (SSSR count). The molecular weight excluding hydrogens is 232 g/mol. The molecule has 2 fully saturated rings. The van der Waals surface area contributed by atoms with Crippen molar-refractivity contribution < 1.29 is 14.6 Å². The van der Waals surface area contributed by atoms with Gasteiger partial charge in [-0.25, -0.2) is 0 Å². The maximum absolute atomic E-state index is 11.9. The van der Waals surface area contributed by atoms with Crippen LogP contribution in [0, 0.1) is 5.92 Å². The third-order valence-electron chi connectivity index (χ3n) is 4.15. The fourth-order valence-corrected chi connectivity index (χ4v) is 2.86. The number of hydrogen-bond acceptors (Lipinski definition) is 4. The van der Waals surface area contributed by atoms with E-state index in [1.807, 2.05) is 0 Å². The van der Waals surface area contributed by atoms with Crippen LogP contribution in [-0.2, 0) is 9.53 Å². The number of ether oxygens (including phenoxy) is 1. The van der Waals surface area contributed by atoms with Gasteiger partial charge in [-0.15, -0.1) is 0 Å². The summed E-state index contributed by atoms with van der Waals surface area (Å²) in [5.41, 5.74) is 0. The minimum Gasteiger partial charge on any atom is -0.393 e. The van der Waals surface area contributed by atoms with Gasteiger partial charge in [-0.05, 0) is 19.3 Å². The Labute approximate surface area is 108 Å². The molecule has 104 valence electrons. The SMILES string of the molecule is COC1CNC(C(=O)NCC2CCCCC2O)C1. The highest BCUT2D eigenvalue weighted by atomic mass is 16.5. The zero-order valence-electron chi connectivity index (χ0n) is 11.0. The van der Waals surface area contributed by atoms with Gasteiger partial charge < -0.3 is 20.5 Å². The molecule has 18 heavy (non-hydrogen) atoms. The molecule has 2 aliphatic rings. The molecule has 1 aliphatic heterocycles. The molecule has 0 aromatic carbocycles. The molecule has 5 nitrogen and oxygen atoms in total. The summed E-state index contributed by atoms with van der Waals surface area (Å²) >= 11 is 0. The van der Waals surface area contributed by atoms with Gasteiger partial charge in [-0.1, -0.05) is 12.8 Å². The Morgan fingerprint density at radius 3 is 2.89 bits per heavy atom. The Hall–Kier alpha value is -0.650. The number of nitrogens with one attached hydrogen (secondary N) is 2. The largest absolute Gasteiger partial charge is 0.393 e. The Morgan fingerprint density at radius 1 is 1.44 bits per heavy atom. The van der Waals surface area contributed by atoms with Crippen LogP contribution in [0.2, 0.25) is 0 Å². The van der Waals surface area contributed by atoms with E-state index in [-0.39, 0.29) is 30.1 Å². The van der Waals surface area contributed by atoms with Crippen LogP contribution in [0.15, 0.2) is 0 Å². The predicted molar refractivity (Wildman–Crippen MR) is 68.2 cm³/mol. The second-order valence-electron chi connectivity index (χ2n) is 5.41. The standard InChI is InChI=1S/C13H24N2O3/c1-18-10-6-11(14-8-10)13(17)15-7-9-4-2-3-5-12(9)16/h9-12,14,16H,2-8H2,1H3,(H,15,17). The summed E-state index contributed by atoms with van der Waals surface area (Å²) in [7, 11) is 1.67. The van der Waals surface area contributed by atoms with Gasteiger partial charge in [-0.2, -0.15) is 0 Å². The number of rotatable bonds is 4. The van der Waals surface area contributed by atoms with E-state index in [2.05, 4.69) is 10.6 Å². The Balaban J connectivity index is 1.71. The number of carbonyl (C=O) groups excluding carboxylic acids is 1. The van der Waals surface area contributed by atoms with Crippen molar-refractivity contribution >= 4 is 5.91 Å². The lowest BCUT2D eigenvalue weighted by atomic mass is 9.86. The molecule has 4 unspecified atom stereocenters. The van der Waals surface area contributed by atoms with Gasteiger partial charge in [0.1, 0.15) is 0 Å². The van der Waals surface area contributed by atoms with Crippen molar-refractivity contribution in [3.63, 3.8) is 0 Å². The number of carbonyl (C=O) groups is 1.